The van der Waals surface area contributed by atoms with Crippen LogP contribution in [0, 0.1) is 0 Å². The van der Waals surface area contributed by atoms with Gasteiger partial charge in [0.15, 0.2) is 17.9 Å². The highest BCUT2D eigenvalue weighted by molar-refractivity contribution is 4.85. The minimum Gasteiger partial charge on any atom is -0.354 e. The van der Waals surface area contributed by atoms with Crippen molar-refractivity contribution in [3.8, 4) is 0 Å². The van der Waals surface area contributed by atoms with Crippen molar-refractivity contribution in [3.05, 3.63) is 0 Å². The van der Waals surface area contributed by atoms with Gasteiger partial charge in [-0.2, -0.15) is 0 Å². The van der Waals surface area contributed by atoms with Crippen LogP contribution in [0.4, 0.5) is 0 Å². The molecule has 17 heavy (non-hydrogen) atoms. The molecule has 0 N–H and O–H groups in total. The molecule has 2 fully saturated rings. The first-order valence-corrected chi connectivity index (χ1v) is 6.01. The molecule has 0 amide bonds. The van der Waals surface area contributed by atoms with E-state index >= 15 is 0 Å². The van der Waals surface area contributed by atoms with Gasteiger partial charge in [-0.3, -0.25) is 0 Å². The van der Waals surface area contributed by atoms with Crippen LogP contribution in [0.25, 0.3) is 0 Å². The van der Waals surface area contributed by atoms with Gasteiger partial charge in [0, 0.05) is 13.5 Å². The van der Waals surface area contributed by atoms with Crippen LogP contribution in [-0.4, -0.2) is 43.8 Å². The lowest BCUT2D eigenvalue weighted by Crippen LogP contribution is -2.32. The molecule has 0 saturated carbocycles. The van der Waals surface area contributed by atoms with Crippen molar-refractivity contribution in [2.24, 2.45) is 0 Å². The monoisotopic (exact) mass is 246 g/mol. The van der Waals surface area contributed by atoms with Gasteiger partial charge in [-0.1, -0.05) is 0 Å². The summed E-state index contributed by atoms with van der Waals surface area (Å²) >= 11 is 0. The van der Waals surface area contributed by atoms with E-state index in [2.05, 4.69) is 0 Å². The Morgan fingerprint density at radius 2 is 2.00 bits per heavy atom. The summed E-state index contributed by atoms with van der Waals surface area (Å²) in [5, 5.41) is 0. The van der Waals surface area contributed by atoms with E-state index in [-0.39, 0.29) is 18.5 Å². The van der Waals surface area contributed by atoms with Gasteiger partial charge in [-0.25, -0.2) is 0 Å². The van der Waals surface area contributed by atoms with Gasteiger partial charge in [-0.05, 0) is 27.7 Å². The van der Waals surface area contributed by atoms with E-state index < -0.39 is 11.6 Å². The molecule has 0 aromatic heterocycles. The van der Waals surface area contributed by atoms with Crippen LogP contribution in [0.5, 0.6) is 0 Å². The van der Waals surface area contributed by atoms with Gasteiger partial charge in [0.05, 0.1) is 12.7 Å². The Hall–Kier alpha value is -0.200. The smallest absolute Gasteiger partial charge is 0.187 e. The lowest BCUT2D eigenvalue weighted by Gasteiger charge is -2.26. The highest BCUT2D eigenvalue weighted by Gasteiger charge is 2.48. The average molecular weight is 246 g/mol. The minimum atomic E-state index is -0.581. The fourth-order valence-corrected chi connectivity index (χ4v) is 2.04. The Labute approximate surface area is 102 Å². The molecule has 0 spiro atoms. The maximum atomic E-state index is 5.73. The molecule has 2 aliphatic rings. The van der Waals surface area contributed by atoms with Gasteiger partial charge >= 0.3 is 0 Å². The lowest BCUT2D eigenvalue weighted by molar-refractivity contribution is -0.237. The summed E-state index contributed by atoms with van der Waals surface area (Å²) in [6.07, 6.45) is 0.567. The highest BCUT2D eigenvalue weighted by atomic mass is 16.8. The van der Waals surface area contributed by atoms with Crippen molar-refractivity contribution in [2.45, 2.75) is 64.2 Å². The van der Waals surface area contributed by atoms with Gasteiger partial charge < -0.3 is 23.7 Å². The number of methoxy groups -OCH3 is 1. The fraction of sp³-hybridized carbons (Fsp3) is 1.00. The molecule has 0 radical (unpaired) electrons. The fourth-order valence-electron chi connectivity index (χ4n) is 2.04. The molecule has 2 rings (SSSR count). The van der Waals surface area contributed by atoms with Crippen LogP contribution in [0.2, 0.25) is 0 Å². The second-order valence-electron chi connectivity index (χ2n) is 5.45. The molecule has 0 aliphatic carbocycles. The summed E-state index contributed by atoms with van der Waals surface area (Å²) in [6, 6.07) is 0. The SMILES string of the molecule is COC(C)(C)OC[C@H]1C[C@H]2OC(C)(C)O[C@H]2O1. The zero-order valence-electron chi connectivity index (χ0n) is 11.2. The van der Waals surface area contributed by atoms with Crippen molar-refractivity contribution in [1.82, 2.24) is 0 Å². The van der Waals surface area contributed by atoms with Crippen molar-refractivity contribution in [3.63, 3.8) is 0 Å². The molecule has 5 heteroatoms. The van der Waals surface area contributed by atoms with Crippen LogP contribution in [0.1, 0.15) is 34.1 Å². The van der Waals surface area contributed by atoms with Crippen molar-refractivity contribution >= 4 is 0 Å². The van der Waals surface area contributed by atoms with Gasteiger partial charge in [0.25, 0.3) is 0 Å². The standard InChI is InChI=1S/C12H22O5/c1-11(2,13-5)14-7-8-6-9-10(15-8)17-12(3,4)16-9/h8-10H,6-7H2,1-5H3/t8-,9-,10-/m1/s1. The van der Waals surface area contributed by atoms with Crippen LogP contribution in [0.3, 0.4) is 0 Å². The van der Waals surface area contributed by atoms with E-state index in [1.807, 2.05) is 27.7 Å². The van der Waals surface area contributed by atoms with E-state index in [4.69, 9.17) is 23.7 Å². The van der Waals surface area contributed by atoms with Gasteiger partial charge in [-0.15, -0.1) is 0 Å². The minimum absolute atomic E-state index is 0.00975. The maximum absolute atomic E-state index is 5.73. The molecule has 2 saturated heterocycles. The van der Waals surface area contributed by atoms with Crippen LogP contribution in [0.15, 0.2) is 0 Å². The van der Waals surface area contributed by atoms with Crippen LogP contribution < -0.4 is 0 Å². The molecule has 2 aliphatic heterocycles. The number of fused-ring (bicyclic) bond motifs is 1. The van der Waals surface area contributed by atoms with Crippen molar-refractivity contribution in [2.75, 3.05) is 13.7 Å². The van der Waals surface area contributed by atoms with Crippen molar-refractivity contribution < 1.29 is 23.7 Å². The number of hydrogen-bond donors (Lipinski definition) is 0. The molecule has 5 nitrogen and oxygen atoms in total. The third kappa shape index (κ3) is 3.17. The van der Waals surface area contributed by atoms with Gasteiger partial charge in [0.1, 0.15) is 6.10 Å². The highest BCUT2D eigenvalue weighted by Crippen LogP contribution is 2.37. The van der Waals surface area contributed by atoms with Crippen molar-refractivity contribution in [1.29, 1.82) is 0 Å². The Morgan fingerprint density at radius 3 is 2.59 bits per heavy atom. The summed E-state index contributed by atoms with van der Waals surface area (Å²) < 4.78 is 27.9. The lowest BCUT2D eigenvalue weighted by atomic mass is 10.2. The van der Waals surface area contributed by atoms with Crippen LogP contribution in [-0.2, 0) is 23.7 Å². The molecular formula is C12H22O5. The van der Waals surface area contributed by atoms with Gasteiger partial charge in [0.2, 0.25) is 0 Å². The molecule has 3 atom stereocenters. The summed E-state index contributed by atoms with van der Waals surface area (Å²) in [7, 11) is 1.62. The predicted octanol–water partition coefficient (Wildman–Crippen LogP) is 1.65. The molecule has 0 aromatic rings. The third-order valence-corrected chi connectivity index (χ3v) is 3.07. The molecule has 100 valence electrons. The van der Waals surface area contributed by atoms with E-state index in [0.29, 0.717) is 6.61 Å². The van der Waals surface area contributed by atoms with Crippen LogP contribution >= 0.6 is 0 Å². The Bertz CT molecular complexity index is 260. The molecule has 0 bridgehead atoms. The zero-order valence-corrected chi connectivity index (χ0v) is 11.2. The molecule has 2 heterocycles. The normalized spacial score (nSPS) is 36.2. The summed E-state index contributed by atoms with van der Waals surface area (Å²) in [5.74, 6) is -1.12. The summed E-state index contributed by atoms with van der Waals surface area (Å²) in [5.41, 5.74) is 0. The summed E-state index contributed by atoms with van der Waals surface area (Å²) in [6.45, 7) is 8.03. The topological polar surface area (TPSA) is 46.2 Å². The second-order valence-corrected chi connectivity index (χ2v) is 5.45. The third-order valence-electron chi connectivity index (χ3n) is 3.07. The first kappa shape index (κ1) is 13.2. The second kappa shape index (κ2) is 4.48. The molecule has 0 unspecified atom stereocenters. The Balaban J connectivity index is 1.78. The number of ether oxygens (including phenoxy) is 5. The van der Waals surface area contributed by atoms with E-state index in [0.717, 1.165) is 6.42 Å². The Kier molecular flexibility index (Phi) is 3.49. The van der Waals surface area contributed by atoms with E-state index in [1.165, 1.54) is 0 Å². The van der Waals surface area contributed by atoms with E-state index in [9.17, 15) is 0 Å². The van der Waals surface area contributed by atoms with E-state index in [1.54, 1.807) is 7.11 Å². The quantitative estimate of drug-likeness (QED) is 0.706. The zero-order chi connectivity index (χ0) is 12.7. The average Bonchev–Trinajstić information content (AvgIpc) is 2.68. The first-order valence-electron chi connectivity index (χ1n) is 6.01. The maximum Gasteiger partial charge on any atom is 0.187 e. The molecule has 0 aromatic carbocycles. The largest absolute Gasteiger partial charge is 0.354 e. The molecular weight excluding hydrogens is 224 g/mol. The summed E-state index contributed by atoms with van der Waals surface area (Å²) in [4.78, 5) is 0. The number of hydrogen-bond acceptors (Lipinski definition) is 5. The predicted molar refractivity (Wildman–Crippen MR) is 60.4 cm³/mol. The number of rotatable bonds is 4. The Morgan fingerprint density at radius 1 is 1.29 bits per heavy atom. The first-order chi connectivity index (χ1) is 7.81.